The van der Waals surface area contributed by atoms with Gasteiger partial charge in [-0.15, -0.1) is 0 Å². The number of rotatable bonds is 8. The number of benzene rings is 1. The largest absolute Gasteiger partial charge is 0.454 e. The van der Waals surface area contributed by atoms with E-state index in [9.17, 15) is 18.0 Å². The lowest BCUT2D eigenvalue weighted by Crippen LogP contribution is -2.24. The van der Waals surface area contributed by atoms with Crippen molar-refractivity contribution in [3.8, 4) is 0 Å². The van der Waals surface area contributed by atoms with Crippen LogP contribution in [0.5, 0.6) is 0 Å². The summed E-state index contributed by atoms with van der Waals surface area (Å²) in [6.45, 7) is -0.314. The molecule has 1 atom stereocenters. The summed E-state index contributed by atoms with van der Waals surface area (Å²) in [5, 5.41) is 0. The van der Waals surface area contributed by atoms with Gasteiger partial charge in [-0.2, -0.15) is 13.2 Å². The number of methoxy groups -OCH3 is 1. The number of alkyl halides is 3. The molecule has 7 heteroatoms. The van der Waals surface area contributed by atoms with Gasteiger partial charge in [-0.25, -0.2) is 4.79 Å². The van der Waals surface area contributed by atoms with Crippen LogP contribution in [0.1, 0.15) is 5.56 Å². The van der Waals surface area contributed by atoms with E-state index in [-0.39, 0.29) is 25.9 Å². The van der Waals surface area contributed by atoms with Gasteiger partial charge in [0.25, 0.3) is 0 Å². The molecule has 0 spiro atoms. The molecule has 0 aliphatic carbocycles. The lowest BCUT2D eigenvalue weighted by atomic mass is 10.2. The molecule has 122 valence electrons. The lowest BCUT2D eigenvalue weighted by Gasteiger charge is -2.15. The van der Waals surface area contributed by atoms with Crippen molar-refractivity contribution in [1.29, 1.82) is 0 Å². The second kappa shape index (κ2) is 9.22. The average molecular weight is 318 g/mol. The van der Waals surface area contributed by atoms with Crippen LogP contribution in [0.3, 0.4) is 0 Å². The van der Waals surface area contributed by atoms with Crippen LogP contribution >= 0.6 is 0 Å². The molecule has 1 aromatic rings. The van der Waals surface area contributed by atoms with Crippen molar-refractivity contribution in [3.63, 3.8) is 0 Å². The zero-order valence-corrected chi connectivity index (χ0v) is 12.0. The van der Waals surface area contributed by atoms with Crippen LogP contribution in [0.4, 0.5) is 13.2 Å². The molecule has 1 rings (SSSR count). The summed E-state index contributed by atoms with van der Waals surface area (Å²) in [4.78, 5) is 11.3. The third-order valence-electron chi connectivity index (χ3n) is 2.44. The van der Waals surface area contributed by atoms with Gasteiger partial charge in [-0.3, -0.25) is 0 Å². The van der Waals surface area contributed by atoms with Crippen LogP contribution in [0.15, 0.2) is 42.5 Å². The second-order valence-corrected chi connectivity index (χ2v) is 4.36. The quantitative estimate of drug-likeness (QED) is 0.546. The zero-order valence-electron chi connectivity index (χ0n) is 12.0. The highest BCUT2D eigenvalue weighted by atomic mass is 19.4. The Balaban J connectivity index is 2.53. The second-order valence-electron chi connectivity index (χ2n) is 4.36. The van der Waals surface area contributed by atoms with Gasteiger partial charge >= 0.3 is 12.1 Å². The predicted molar refractivity (Wildman–Crippen MR) is 73.0 cm³/mol. The molecule has 0 aliphatic rings. The Bertz CT molecular complexity index is 471. The molecule has 1 aromatic carbocycles. The normalized spacial score (nSPS) is 13.3. The van der Waals surface area contributed by atoms with Gasteiger partial charge in [-0.1, -0.05) is 30.3 Å². The van der Waals surface area contributed by atoms with Gasteiger partial charge in [0.15, 0.2) is 0 Å². The van der Waals surface area contributed by atoms with Crippen molar-refractivity contribution in [2.24, 2.45) is 0 Å². The predicted octanol–water partition coefficient (Wildman–Crippen LogP) is 2.88. The first-order valence-corrected chi connectivity index (χ1v) is 6.47. The van der Waals surface area contributed by atoms with E-state index in [4.69, 9.17) is 9.47 Å². The van der Waals surface area contributed by atoms with E-state index in [0.717, 1.165) is 11.6 Å². The van der Waals surface area contributed by atoms with E-state index < -0.39 is 18.2 Å². The minimum Gasteiger partial charge on any atom is -0.454 e. The van der Waals surface area contributed by atoms with E-state index in [1.807, 2.05) is 30.3 Å². The molecular formula is C15H17F3O4. The summed E-state index contributed by atoms with van der Waals surface area (Å²) in [5.41, 5.74) is 0.865. The molecular weight excluding hydrogens is 301 g/mol. The first kappa shape index (κ1) is 18.2. The lowest BCUT2D eigenvalue weighted by molar-refractivity contribution is -0.154. The number of carbonyl (C=O) groups is 1. The third kappa shape index (κ3) is 8.43. The van der Waals surface area contributed by atoms with Crippen LogP contribution in [0, 0.1) is 0 Å². The molecule has 0 radical (unpaired) electrons. The monoisotopic (exact) mass is 318 g/mol. The Labute approximate surface area is 126 Å². The maximum absolute atomic E-state index is 12.2. The van der Waals surface area contributed by atoms with Gasteiger partial charge in [0.05, 0.1) is 13.2 Å². The Morgan fingerprint density at radius 3 is 2.55 bits per heavy atom. The van der Waals surface area contributed by atoms with Crippen molar-refractivity contribution >= 4 is 5.97 Å². The Morgan fingerprint density at radius 1 is 1.27 bits per heavy atom. The van der Waals surface area contributed by atoms with Gasteiger partial charge in [-0.05, 0) is 11.6 Å². The minimum atomic E-state index is -4.48. The highest BCUT2D eigenvalue weighted by Gasteiger charge is 2.23. The zero-order chi connectivity index (χ0) is 16.4. The molecule has 22 heavy (non-hydrogen) atoms. The van der Waals surface area contributed by atoms with E-state index >= 15 is 0 Å². The van der Waals surface area contributed by atoms with Crippen LogP contribution < -0.4 is 0 Å². The molecule has 0 unspecified atom stereocenters. The first-order chi connectivity index (χ1) is 10.4. The number of halogens is 3. The molecule has 4 nitrogen and oxygen atoms in total. The maximum Gasteiger partial charge on any atom is 0.409 e. The van der Waals surface area contributed by atoms with Gasteiger partial charge in [0, 0.05) is 13.2 Å². The number of hydrogen-bond acceptors (Lipinski definition) is 4. The van der Waals surface area contributed by atoms with Gasteiger partial charge in [0.2, 0.25) is 0 Å². The molecule has 0 saturated heterocycles. The first-order valence-electron chi connectivity index (χ1n) is 6.47. The van der Waals surface area contributed by atoms with E-state index in [1.54, 1.807) is 0 Å². The van der Waals surface area contributed by atoms with Gasteiger partial charge in [0.1, 0.15) is 12.7 Å². The molecule has 0 bridgehead atoms. The van der Waals surface area contributed by atoms with Crippen LogP contribution in [-0.2, 0) is 25.6 Å². The van der Waals surface area contributed by atoms with Crippen LogP contribution in [0.2, 0.25) is 0 Å². The van der Waals surface area contributed by atoms with Crippen molar-refractivity contribution < 1.29 is 32.2 Å². The van der Waals surface area contributed by atoms with Crippen LogP contribution in [-0.4, -0.2) is 38.6 Å². The number of allylic oxidation sites excluding steroid dienone is 1. The highest BCUT2D eigenvalue weighted by Crippen LogP contribution is 2.17. The van der Waals surface area contributed by atoms with Crippen molar-refractivity contribution in [2.45, 2.75) is 18.9 Å². The van der Waals surface area contributed by atoms with E-state index in [0.29, 0.717) is 0 Å². The summed E-state index contributed by atoms with van der Waals surface area (Å²) in [7, 11) is 1.29. The fraction of sp³-hybridized carbons (Fsp3) is 0.400. The van der Waals surface area contributed by atoms with Crippen LogP contribution in [0.25, 0.3) is 0 Å². The molecule has 0 N–H and O–H groups in total. The summed E-state index contributed by atoms with van der Waals surface area (Å²) in [6, 6.07) is 9.11. The average Bonchev–Trinajstić information content (AvgIpc) is 2.45. The molecule has 0 amide bonds. The van der Waals surface area contributed by atoms with Crippen molar-refractivity contribution in [1.82, 2.24) is 0 Å². The topological polar surface area (TPSA) is 44.8 Å². The molecule has 0 aliphatic heterocycles. The summed E-state index contributed by atoms with van der Waals surface area (Å²) in [5.74, 6) is -0.761. The number of ether oxygens (including phenoxy) is 3. The molecule has 0 saturated carbocycles. The number of carbonyl (C=O) groups excluding carboxylic acids is 1. The fourth-order valence-electron chi connectivity index (χ4n) is 1.53. The molecule has 0 aromatic heterocycles. The summed E-state index contributed by atoms with van der Waals surface area (Å²) < 4.78 is 51.3. The smallest absolute Gasteiger partial charge is 0.409 e. The maximum atomic E-state index is 12.2. The number of esters is 1. The van der Waals surface area contributed by atoms with Gasteiger partial charge < -0.3 is 14.2 Å². The van der Waals surface area contributed by atoms with E-state index in [1.165, 1.54) is 7.11 Å². The number of hydrogen-bond donors (Lipinski definition) is 0. The molecule has 0 heterocycles. The Morgan fingerprint density at radius 2 is 1.95 bits per heavy atom. The summed E-state index contributed by atoms with van der Waals surface area (Å²) in [6.07, 6.45) is -4.85. The highest BCUT2D eigenvalue weighted by molar-refractivity contribution is 5.71. The van der Waals surface area contributed by atoms with Crippen molar-refractivity contribution in [3.05, 3.63) is 48.0 Å². The minimum absolute atomic E-state index is 0.0175. The third-order valence-corrected chi connectivity index (χ3v) is 2.44. The van der Waals surface area contributed by atoms with E-state index in [2.05, 4.69) is 4.74 Å². The Hall–Kier alpha value is -1.86. The Kier molecular flexibility index (Phi) is 7.62. The SMILES string of the molecule is COCC(=O)O[C@H](/C=C\C(F)(F)F)COCc1ccccc1. The summed E-state index contributed by atoms with van der Waals surface area (Å²) >= 11 is 0. The standard InChI is InChI=1S/C15H17F3O4/c1-20-11-14(19)22-13(7-8-15(16,17)18)10-21-9-12-5-3-2-4-6-12/h2-8,13H,9-11H2,1H3/b8-7-/t13-/m1/s1. The fourth-order valence-corrected chi connectivity index (χ4v) is 1.53. The molecule has 0 fully saturated rings. The van der Waals surface area contributed by atoms with Crippen molar-refractivity contribution in [2.75, 3.05) is 20.3 Å².